The van der Waals surface area contributed by atoms with Crippen LogP contribution in [0.5, 0.6) is 0 Å². The lowest BCUT2D eigenvalue weighted by Gasteiger charge is -2.12. The van der Waals surface area contributed by atoms with Crippen LogP contribution in [-0.2, 0) is 4.79 Å². The van der Waals surface area contributed by atoms with E-state index in [-0.39, 0.29) is 5.91 Å². The topological polar surface area (TPSA) is 56.0 Å². The number of amides is 1. The van der Waals surface area contributed by atoms with Crippen LogP contribution in [0.4, 0.5) is 0 Å². The van der Waals surface area contributed by atoms with Crippen molar-refractivity contribution in [2.45, 2.75) is 19.8 Å². The lowest BCUT2D eigenvalue weighted by Crippen LogP contribution is -2.22. The molecule has 2 heterocycles. The molecule has 0 aromatic carbocycles. The quantitative estimate of drug-likeness (QED) is 0.904. The molecule has 3 nitrogen and oxygen atoms in total. The number of aromatic nitrogens is 1. The number of carbonyl (C=O) groups is 1. The van der Waals surface area contributed by atoms with Crippen molar-refractivity contribution >= 4 is 17.2 Å². The van der Waals surface area contributed by atoms with E-state index in [4.69, 9.17) is 5.73 Å². The van der Waals surface area contributed by atoms with Crippen molar-refractivity contribution < 1.29 is 4.79 Å². The largest absolute Gasteiger partial charge is 0.369 e. The number of aryl methyl sites for hydroxylation is 2. The molecule has 2 N–H and O–H groups in total. The summed E-state index contributed by atoms with van der Waals surface area (Å²) >= 11 is 1.53. The first-order valence-corrected chi connectivity index (χ1v) is 6.24. The van der Waals surface area contributed by atoms with Crippen molar-refractivity contribution in [1.29, 1.82) is 0 Å². The summed E-state index contributed by atoms with van der Waals surface area (Å²) in [6, 6.07) is 7.73. The van der Waals surface area contributed by atoms with Crippen molar-refractivity contribution in [3.05, 3.63) is 51.5 Å². The summed E-state index contributed by atoms with van der Waals surface area (Å²) in [5.41, 5.74) is 8.22. The zero-order valence-corrected chi connectivity index (χ0v) is 10.6. The number of nitrogens with zero attached hydrogens (tertiary/aromatic N) is 1. The molecule has 88 valence electrons. The molecule has 0 radical (unpaired) electrons. The molecular weight excluding hydrogens is 232 g/mol. The summed E-state index contributed by atoms with van der Waals surface area (Å²) in [6.07, 6.45) is 0. The predicted molar refractivity (Wildman–Crippen MR) is 69.1 cm³/mol. The fourth-order valence-electron chi connectivity index (χ4n) is 1.91. The summed E-state index contributed by atoms with van der Waals surface area (Å²) in [5, 5.41) is 1.94. The normalized spacial score (nSPS) is 12.4. The zero-order valence-electron chi connectivity index (χ0n) is 9.81. The third-order valence-corrected chi connectivity index (χ3v) is 3.46. The van der Waals surface area contributed by atoms with Crippen LogP contribution in [0.3, 0.4) is 0 Å². The third kappa shape index (κ3) is 2.53. The molecule has 1 amide bonds. The lowest BCUT2D eigenvalue weighted by atomic mass is 10.0. The molecule has 0 saturated carbocycles. The van der Waals surface area contributed by atoms with Gasteiger partial charge in [-0.15, -0.1) is 11.3 Å². The summed E-state index contributed by atoms with van der Waals surface area (Å²) in [6.45, 7) is 3.91. The molecule has 2 aromatic heterocycles. The van der Waals surface area contributed by atoms with Gasteiger partial charge in [0.2, 0.25) is 5.91 Å². The fourth-order valence-corrected chi connectivity index (χ4v) is 2.75. The molecule has 17 heavy (non-hydrogen) atoms. The minimum Gasteiger partial charge on any atom is -0.369 e. The molecule has 1 unspecified atom stereocenters. The van der Waals surface area contributed by atoms with Crippen molar-refractivity contribution in [1.82, 2.24) is 4.98 Å². The summed E-state index contributed by atoms with van der Waals surface area (Å²) in [5.74, 6) is -0.793. The van der Waals surface area contributed by atoms with Crippen LogP contribution in [0, 0.1) is 13.8 Å². The van der Waals surface area contributed by atoms with Gasteiger partial charge in [-0.2, -0.15) is 0 Å². The highest BCUT2D eigenvalue weighted by molar-refractivity contribution is 7.10. The van der Waals surface area contributed by atoms with E-state index in [1.54, 1.807) is 0 Å². The molecule has 2 rings (SSSR count). The van der Waals surface area contributed by atoms with Crippen LogP contribution in [0.15, 0.2) is 29.6 Å². The van der Waals surface area contributed by atoms with E-state index in [1.807, 2.05) is 43.5 Å². The van der Waals surface area contributed by atoms with Crippen LogP contribution in [-0.4, -0.2) is 10.9 Å². The average molecular weight is 246 g/mol. The van der Waals surface area contributed by atoms with E-state index in [9.17, 15) is 4.79 Å². The number of primary amides is 1. The SMILES string of the molecule is Cc1cc(C)nc(C(C(N)=O)c2cccs2)c1. The number of rotatable bonds is 3. The predicted octanol–water partition coefficient (Wildman–Crippen LogP) is 2.38. The van der Waals surface area contributed by atoms with E-state index in [2.05, 4.69) is 4.98 Å². The Hall–Kier alpha value is -1.68. The van der Waals surface area contributed by atoms with E-state index in [0.29, 0.717) is 0 Å². The minimum atomic E-state index is -0.436. The Kier molecular flexibility index (Phi) is 3.24. The number of nitrogens with two attached hydrogens (primary N) is 1. The van der Waals surface area contributed by atoms with Gasteiger partial charge in [0.25, 0.3) is 0 Å². The van der Waals surface area contributed by atoms with Gasteiger partial charge in [0.1, 0.15) is 5.92 Å². The second-order valence-electron chi connectivity index (χ2n) is 4.06. The van der Waals surface area contributed by atoms with Crippen LogP contribution in [0.2, 0.25) is 0 Å². The number of pyridine rings is 1. The molecule has 4 heteroatoms. The van der Waals surface area contributed by atoms with Crippen molar-refractivity contribution in [3.8, 4) is 0 Å². The summed E-state index contributed by atoms with van der Waals surface area (Å²) in [7, 11) is 0. The molecule has 0 aliphatic heterocycles. The zero-order chi connectivity index (χ0) is 12.4. The molecule has 0 spiro atoms. The first-order chi connectivity index (χ1) is 8.08. The van der Waals surface area contributed by atoms with Gasteiger partial charge in [-0.05, 0) is 43.0 Å². The van der Waals surface area contributed by atoms with Crippen LogP contribution in [0.1, 0.15) is 27.7 Å². The maximum atomic E-state index is 11.6. The van der Waals surface area contributed by atoms with Gasteiger partial charge in [0, 0.05) is 10.6 Å². The van der Waals surface area contributed by atoms with Gasteiger partial charge < -0.3 is 5.73 Å². The highest BCUT2D eigenvalue weighted by Gasteiger charge is 2.22. The highest BCUT2D eigenvalue weighted by Crippen LogP contribution is 2.27. The fraction of sp³-hybridized carbons (Fsp3) is 0.231. The van der Waals surface area contributed by atoms with Crippen LogP contribution < -0.4 is 5.73 Å². The first-order valence-electron chi connectivity index (χ1n) is 5.36. The second-order valence-corrected chi connectivity index (χ2v) is 5.04. The average Bonchev–Trinajstić information content (AvgIpc) is 2.68. The van der Waals surface area contributed by atoms with Gasteiger partial charge in [0.15, 0.2) is 0 Å². The third-order valence-electron chi connectivity index (χ3n) is 2.53. The molecule has 0 aliphatic rings. The van der Waals surface area contributed by atoms with E-state index >= 15 is 0 Å². The summed E-state index contributed by atoms with van der Waals surface area (Å²) < 4.78 is 0. The minimum absolute atomic E-state index is 0.357. The first kappa shape index (κ1) is 11.8. The number of thiophene rings is 1. The maximum Gasteiger partial charge on any atom is 0.231 e. The number of carbonyl (C=O) groups excluding carboxylic acids is 1. The second kappa shape index (κ2) is 4.67. The molecule has 1 atom stereocenters. The lowest BCUT2D eigenvalue weighted by molar-refractivity contribution is -0.118. The smallest absolute Gasteiger partial charge is 0.231 e. The molecule has 0 fully saturated rings. The maximum absolute atomic E-state index is 11.6. The Morgan fingerprint density at radius 3 is 2.71 bits per heavy atom. The van der Waals surface area contributed by atoms with Crippen molar-refractivity contribution in [2.24, 2.45) is 5.73 Å². The molecular formula is C13H14N2OS. The van der Waals surface area contributed by atoms with Gasteiger partial charge in [-0.25, -0.2) is 0 Å². The van der Waals surface area contributed by atoms with Crippen molar-refractivity contribution in [2.75, 3.05) is 0 Å². The molecule has 2 aromatic rings. The monoisotopic (exact) mass is 246 g/mol. The Balaban J connectivity index is 2.50. The molecule has 0 bridgehead atoms. The van der Waals surface area contributed by atoms with E-state index in [0.717, 1.165) is 21.8 Å². The van der Waals surface area contributed by atoms with Gasteiger partial charge in [-0.3, -0.25) is 9.78 Å². The van der Waals surface area contributed by atoms with E-state index < -0.39 is 5.92 Å². The highest BCUT2D eigenvalue weighted by atomic mass is 32.1. The number of hydrogen-bond acceptors (Lipinski definition) is 3. The van der Waals surface area contributed by atoms with E-state index in [1.165, 1.54) is 11.3 Å². The van der Waals surface area contributed by atoms with Crippen molar-refractivity contribution in [3.63, 3.8) is 0 Å². The molecule has 0 aliphatic carbocycles. The Bertz CT molecular complexity index is 514. The van der Waals surface area contributed by atoms with Crippen LogP contribution >= 0.6 is 11.3 Å². The summed E-state index contributed by atoms with van der Waals surface area (Å²) in [4.78, 5) is 17.0. The van der Waals surface area contributed by atoms with Gasteiger partial charge >= 0.3 is 0 Å². The Morgan fingerprint density at radius 2 is 2.18 bits per heavy atom. The Labute approximate surface area is 104 Å². The standard InChI is InChI=1S/C13H14N2OS/c1-8-6-9(2)15-10(7-8)12(13(14)16)11-4-3-5-17-11/h3-7,12H,1-2H3,(H2,14,16). The Morgan fingerprint density at radius 1 is 1.41 bits per heavy atom. The van der Waals surface area contributed by atoms with Gasteiger partial charge in [0.05, 0.1) is 5.69 Å². The van der Waals surface area contributed by atoms with Crippen LogP contribution in [0.25, 0.3) is 0 Å². The molecule has 0 saturated heterocycles. The number of hydrogen-bond donors (Lipinski definition) is 1. The van der Waals surface area contributed by atoms with Gasteiger partial charge in [-0.1, -0.05) is 6.07 Å².